The molecular weight excluding hydrogens is 244 g/mol. The maximum absolute atomic E-state index is 11.1. The van der Waals surface area contributed by atoms with Crippen LogP contribution in [0.4, 0.5) is 11.4 Å². The molecular formula is C13H16N4O2. The third-order valence-electron chi connectivity index (χ3n) is 3.21. The minimum Gasteiger partial charge on any atom is -0.363 e. The molecule has 0 amide bonds. The second-order valence-electron chi connectivity index (χ2n) is 5.30. The van der Waals surface area contributed by atoms with Gasteiger partial charge in [-0.15, -0.1) is 0 Å². The number of piperazine rings is 1. The zero-order valence-corrected chi connectivity index (χ0v) is 11.0. The molecule has 0 radical (unpaired) electrons. The third kappa shape index (κ3) is 2.83. The van der Waals surface area contributed by atoms with E-state index >= 15 is 0 Å². The Labute approximate surface area is 111 Å². The lowest BCUT2D eigenvalue weighted by molar-refractivity contribution is -0.384. The number of hydrogen-bond donors (Lipinski definition) is 1. The molecule has 6 heteroatoms. The number of rotatable bonds is 2. The van der Waals surface area contributed by atoms with Gasteiger partial charge in [-0.05, 0) is 26.0 Å². The van der Waals surface area contributed by atoms with Crippen LogP contribution >= 0.6 is 0 Å². The summed E-state index contributed by atoms with van der Waals surface area (Å²) < 4.78 is 0. The molecule has 1 heterocycles. The van der Waals surface area contributed by atoms with Crippen molar-refractivity contribution in [1.29, 1.82) is 5.26 Å². The van der Waals surface area contributed by atoms with Gasteiger partial charge in [-0.2, -0.15) is 5.26 Å². The molecule has 1 fully saturated rings. The molecule has 1 N–H and O–H groups in total. The topological polar surface area (TPSA) is 82.2 Å². The molecule has 1 saturated heterocycles. The van der Waals surface area contributed by atoms with Crippen LogP contribution in [0.2, 0.25) is 0 Å². The predicted molar refractivity (Wildman–Crippen MR) is 72.1 cm³/mol. The van der Waals surface area contributed by atoms with E-state index in [0.29, 0.717) is 24.3 Å². The van der Waals surface area contributed by atoms with E-state index < -0.39 is 4.92 Å². The highest BCUT2D eigenvalue weighted by Crippen LogP contribution is 2.31. The minimum atomic E-state index is -0.397. The molecule has 0 aromatic heterocycles. The smallest absolute Gasteiger partial charge is 0.292 e. The van der Waals surface area contributed by atoms with Crippen molar-refractivity contribution in [3.8, 4) is 6.07 Å². The average molecular weight is 260 g/mol. The van der Waals surface area contributed by atoms with Gasteiger partial charge in [0.05, 0.1) is 16.6 Å². The summed E-state index contributed by atoms with van der Waals surface area (Å²) in [6.45, 7) is 6.24. The number of nitrogens with one attached hydrogen (secondary N) is 1. The second kappa shape index (κ2) is 4.86. The lowest BCUT2D eigenvalue weighted by Gasteiger charge is -2.40. The summed E-state index contributed by atoms with van der Waals surface area (Å²) in [4.78, 5) is 12.7. The number of nitro benzene ring substituents is 1. The van der Waals surface area contributed by atoms with Gasteiger partial charge >= 0.3 is 0 Å². The van der Waals surface area contributed by atoms with Gasteiger partial charge in [-0.25, -0.2) is 0 Å². The van der Waals surface area contributed by atoms with Gasteiger partial charge in [0.2, 0.25) is 0 Å². The molecule has 0 atom stereocenters. The summed E-state index contributed by atoms with van der Waals surface area (Å²) in [6.07, 6.45) is 0. The fourth-order valence-corrected chi connectivity index (χ4v) is 2.35. The molecule has 2 rings (SSSR count). The lowest BCUT2D eigenvalue weighted by atomic mass is 10.0. The quantitative estimate of drug-likeness (QED) is 0.646. The number of anilines is 1. The van der Waals surface area contributed by atoms with Crippen LogP contribution in [-0.2, 0) is 0 Å². The van der Waals surface area contributed by atoms with Crippen molar-refractivity contribution < 1.29 is 4.92 Å². The van der Waals surface area contributed by atoms with Gasteiger partial charge in [0.15, 0.2) is 0 Å². The van der Waals surface area contributed by atoms with Crippen LogP contribution in [0.5, 0.6) is 0 Å². The summed E-state index contributed by atoms with van der Waals surface area (Å²) in [5.41, 5.74) is 0.918. The summed E-state index contributed by atoms with van der Waals surface area (Å²) >= 11 is 0. The Morgan fingerprint density at radius 3 is 2.84 bits per heavy atom. The van der Waals surface area contributed by atoms with Gasteiger partial charge < -0.3 is 10.2 Å². The Balaban J connectivity index is 2.42. The monoisotopic (exact) mass is 260 g/mol. The van der Waals surface area contributed by atoms with Crippen LogP contribution < -0.4 is 10.2 Å². The van der Waals surface area contributed by atoms with E-state index in [9.17, 15) is 10.1 Å². The van der Waals surface area contributed by atoms with E-state index in [1.54, 1.807) is 6.07 Å². The summed E-state index contributed by atoms with van der Waals surface area (Å²) in [5, 5.41) is 23.4. The van der Waals surface area contributed by atoms with Crippen molar-refractivity contribution in [2.75, 3.05) is 24.5 Å². The molecule has 1 aliphatic rings. The molecule has 1 aromatic rings. The van der Waals surface area contributed by atoms with Crippen LogP contribution in [-0.4, -0.2) is 30.1 Å². The summed E-state index contributed by atoms with van der Waals surface area (Å²) in [6, 6.07) is 6.51. The van der Waals surface area contributed by atoms with Gasteiger partial charge in [0, 0.05) is 31.2 Å². The number of nitriles is 1. The zero-order valence-electron chi connectivity index (χ0n) is 11.0. The van der Waals surface area contributed by atoms with Gasteiger partial charge in [0.1, 0.15) is 5.69 Å². The fourth-order valence-electron chi connectivity index (χ4n) is 2.35. The number of nitro groups is 1. The van der Waals surface area contributed by atoms with Gasteiger partial charge in [0.25, 0.3) is 5.69 Å². The fraction of sp³-hybridized carbons (Fsp3) is 0.462. The van der Waals surface area contributed by atoms with Crippen molar-refractivity contribution in [2.24, 2.45) is 0 Å². The molecule has 0 unspecified atom stereocenters. The molecule has 1 aliphatic heterocycles. The van der Waals surface area contributed by atoms with Crippen LogP contribution in [0.1, 0.15) is 19.4 Å². The van der Waals surface area contributed by atoms with Crippen molar-refractivity contribution in [3.63, 3.8) is 0 Å². The standard InChI is InChI=1S/C13H16N4O2/c1-13(2)9-16(6-5-15-13)12-7-10(8-14)3-4-11(12)17(18)19/h3-4,7,15H,5-6,9H2,1-2H3. The first-order chi connectivity index (χ1) is 8.93. The minimum absolute atomic E-state index is 0.0525. The SMILES string of the molecule is CC1(C)CN(c2cc(C#N)ccc2[N+](=O)[O-])CCN1. The highest BCUT2D eigenvalue weighted by atomic mass is 16.6. The van der Waals surface area contributed by atoms with E-state index in [1.165, 1.54) is 12.1 Å². The molecule has 6 nitrogen and oxygen atoms in total. The van der Waals surface area contributed by atoms with E-state index in [4.69, 9.17) is 5.26 Å². The Hall–Kier alpha value is -2.13. The van der Waals surface area contributed by atoms with Crippen molar-refractivity contribution in [1.82, 2.24) is 5.32 Å². The normalized spacial score (nSPS) is 17.8. The summed E-state index contributed by atoms with van der Waals surface area (Å²) in [5.74, 6) is 0. The van der Waals surface area contributed by atoms with E-state index in [0.717, 1.165) is 6.54 Å². The molecule has 100 valence electrons. The van der Waals surface area contributed by atoms with E-state index in [1.807, 2.05) is 11.0 Å². The molecule has 0 aliphatic carbocycles. The molecule has 0 spiro atoms. The highest BCUT2D eigenvalue weighted by molar-refractivity contribution is 5.66. The first-order valence-corrected chi connectivity index (χ1v) is 6.11. The van der Waals surface area contributed by atoms with E-state index in [-0.39, 0.29) is 11.2 Å². The Bertz CT molecular complexity index is 548. The molecule has 1 aromatic carbocycles. The maximum atomic E-state index is 11.1. The number of hydrogen-bond acceptors (Lipinski definition) is 5. The van der Waals surface area contributed by atoms with Crippen LogP contribution in [0.25, 0.3) is 0 Å². The van der Waals surface area contributed by atoms with Crippen molar-refractivity contribution in [3.05, 3.63) is 33.9 Å². The predicted octanol–water partition coefficient (Wildman–Crippen LogP) is 1.65. The molecule has 0 bridgehead atoms. The molecule has 19 heavy (non-hydrogen) atoms. The first-order valence-electron chi connectivity index (χ1n) is 6.11. The van der Waals surface area contributed by atoms with Crippen LogP contribution in [0.3, 0.4) is 0 Å². The van der Waals surface area contributed by atoms with Gasteiger partial charge in [-0.3, -0.25) is 10.1 Å². The summed E-state index contributed by atoms with van der Waals surface area (Å²) in [7, 11) is 0. The van der Waals surface area contributed by atoms with Crippen molar-refractivity contribution >= 4 is 11.4 Å². The van der Waals surface area contributed by atoms with Gasteiger partial charge in [-0.1, -0.05) is 0 Å². The largest absolute Gasteiger partial charge is 0.363 e. The zero-order chi connectivity index (χ0) is 14.0. The lowest BCUT2D eigenvalue weighted by Crippen LogP contribution is -2.57. The van der Waals surface area contributed by atoms with Crippen molar-refractivity contribution in [2.45, 2.75) is 19.4 Å². The number of nitrogens with zero attached hydrogens (tertiary/aromatic N) is 3. The molecule has 0 saturated carbocycles. The van der Waals surface area contributed by atoms with Crippen LogP contribution in [0.15, 0.2) is 18.2 Å². The Kier molecular flexibility index (Phi) is 3.40. The van der Waals surface area contributed by atoms with Crippen LogP contribution in [0, 0.1) is 21.4 Å². The average Bonchev–Trinajstić information content (AvgIpc) is 2.36. The second-order valence-corrected chi connectivity index (χ2v) is 5.30. The highest BCUT2D eigenvalue weighted by Gasteiger charge is 2.29. The Morgan fingerprint density at radius 2 is 2.26 bits per heavy atom. The maximum Gasteiger partial charge on any atom is 0.292 e. The Morgan fingerprint density at radius 1 is 1.53 bits per heavy atom. The first kappa shape index (κ1) is 13.3. The number of benzene rings is 1. The third-order valence-corrected chi connectivity index (χ3v) is 3.21. The van der Waals surface area contributed by atoms with E-state index in [2.05, 4.69) is 19.2 Å².